The van der Waals surface area contributed by atoms with Gasteiger partial charge in [0.2, 0.25) is 17.7 Å². The summed E-state index contributed by atoms with van der Waals surface area (Å²) >= 11 is 0. The van der Waals surface area contributed by atoms with Crippen molar-refractivity contribution in [2.24, 2.45) is 11.8 Å². The van der Waals surface area contributed by atoms with Gasteiger partial charge in [0.25, 0.3) is 0 Å². The van der Waals surface area contributed by atoms with Gasteiger partial charge in [0, 0.05) is 19.1 Å². The monoisotopic (exact) mass is 465 g/mol. The van der Waals surface area contributed by atoms with Crippen LogP contribution in [0.5, 0.6) is 0 Å². The molecule has 2 aliphatic heterocycles. The first-order valence-corrected chi connectivity index (χ1v) is 10.7. The number of ketones is 1. The fourth-order valence-electron chi connectivity index (χ4n) is 3.70. The summed E-state index contributed by atoms with van der Waals surface area (Å²) in [6.45, 7) is 3.20. The summed E-state index contributed by atoms with van der Waals surface area (Å²) in [5.41, 5.74) is 0. The lowest BCUT2D eigenvalue weighted by molar-refractivity contribution is -0.321. The second-order valence-electron chi connectivity index (χ2n) is 8.47. The first-order valence-electron chi connectivity index (χ1n) is 10.7. The van der Waals surface area contributed by atoms with Crippen LogP contribution in [0.3, 0.4) is 0 Å². The van der Waals surface area contributed by atoms with Gasteiger partial charge in [0.15, 0.2) is 5.78 Å². The number of ether oxygens (including phenoxy) is 2. The summed E-state index contributed by atoms with van der Waals surface area (Å²) in [6.07, 6.45) is -3.96. The van der Waals surface area contributed by atoms with E-state index in [-0.39, 0.29) is 24.7 Å². The molecule has 0 aromatic rings. The molecule has 9 nitrogen and oxygen atoms in total. The minimum Gasteiger partial charge on any atom is -0.368 e. The summed E-state index contributed by atoms with van der Waals surface area (Å²) in [5.74, 6) is -3.14. The zero-order chi connectivity index (χ0) is 23.9. The fraction of sp³-hybridized carbons (Fsp3) is 0.800. The van der Waals surface area contributed by atoms with Crippen molar-refractivity contribution < 1.29 is 41.8 Å². The Labute approximate surface area is 184 Å². The van der Waals surface area contributed by atoms with Crippen LogP contribution in [0.4, 0.5) is 13.2 Å². The van der Waals surface area contributed by atoms with E-state index in [1.54, 1.807) is 0 Å². The van der Waals surface area contributed by atoms with Crippen molar-refractivity contribution in [2.45, 2.75) is 70.5 Å². The summed E-state index contributed by atoms with van der Waals surface area (Å²) < 4.78 is 46.1. The molecule has 2 unspecified atom stereocenters. The first-order chi connectivity index (χ1) is 15.0. The van der Waals surface area contributed by atoms with Crippen molar-refractivity contribution >= 4 is 23.5 Å². The van der Waals surface area contributed by atoms with Crippen LogP contribution in [0.2, 0.25) is 0 Å². The summed E-state index contributed by atoms with van der Waals surface area (Å²) in [4.78, 5) is 49.6. The number of carbonyl (C=O) groups excluding carboxylic acids is 4. The Hall–Kier alpha value is -2.21. The van der Waals surface area contributed by atoms with Gasteiger partial charge in [0.05, 0.1) is 6.04 Å². The van der Waals surface area contributed by atoms with Gasteiger partial charge >= 0.3 is 6.36 Å². The number of nitrogens with one attached hydrogen (secondary N) is 3. The Morgan fingerprint density at radius 3 is 2.44 bits per heavy atom. The van der Waals surface area contributed by atoms with Crippen molar-refractivity contribution in [1.29, 1.82) is 0 Å². The van der Waals surface area contributed by atoms with Crippen LogP contribution in [0.25, 0.3) is 0 Å². The van der Waals surface area contributed by atoms with Gasteiger partial charge < -0.3 is 20.7 Å². The van der Waals surface area contributed by atoms with E-state index in [9.17, 15) is 32.3 Å². The second-order valence-corrected chi connectivity index (χ2v) is 8.47. The fourth-order valence-corrected chi connectivity index (χ4v) is 3.70. The lowest BCUT2D eigenvalue weighted by Gasteiger charge is -2.26. The first kappa shape index (κ1) is 26.0. The number of alkyl halides is 3. The van der Waals surface area contributed by atoms with E-state index >= 15 is 0 Å². The Balaban J connectivity index is 2.09. The van der Waals surface area contributed by atoms with Crippen LogP contribution in [-0.2, 0) is 28.7 Å². The van der Waals surface area contributed by atoms with Gasteiger partial charge in [-0.25, -0.2) is 0 Å². The van der Waals surface area contributed by atoms with E-state index < -0.39 is 54.7 Å². The molecule has 182 valence electrons. The highest BCUT2D eigenvalue weighted by molar-refractivity contribution is 5.94. The third kappa shape index (κ3) is 8.38. The van der Waals surface area contributed by atoms with Crippen molar-refractivity contribution in [3.05, 3.63) is 0 Å². The van der Waals surface area contributed by atoms with Crippen LogP contribution < -0.4 is 16.0 Å². The highest BCUT2D eigenvalue weighted by Crippen LogP contribution is 2.20. The maximum atomic E-state index is 12.9. The maximum Gasteiger partial charge on any atom is 0.522 e. The topological polar surface area (TPSA) is 123 Å². The van der Waals surface area contributed by atoms with Crippen LogP contribution >= 0.6 is 0 Å². The minimum absolute atomic E-state index is 0.00105. The molecule has 0 aromatic heterocycles. The summed E-state index contributed by atoms with van der Waals surface area (Å²) in [5, 5.41) is 7.63. The minimum atomic E-state index is -5.01. The molecule has 2 heterocycles. The number of amides is 3. The van der Waals surface area contributed by atoms with Crippen molar-refractivity contribution in [2.75, 3.05) is 19.8 Å². The number of carbonyl (C=O) groups is 4. The molecule has 2 saturated heterocycles. The molecule has 0 spiro atoms. The Morgan fingerprint density at radius 2 is 1.91 bits per heavy atom. The van der Waals surface area contributed by atoms with Crippen molar-refractivity contribution in [1.82, 2.24) is 16.0 Å². The molecule has 32 heavy (non-hydrogen) atoms. The van der Waals surface area contributed by atoms with Gasteiger partial charge in [-0.2, -0.15) is 0 Å². The zero-order valence-electron chi connectivity index (χ0n) is 18.1. The summed E-state index contributed by atoms with van der Waals surface area (Å²) in [7, 11) is 0. The molecule has 3 N–H and O–H groups in total. The van der Waals surface area contributed by atoms with E-state index in [0.29, 0.717) is 26.0 Å². The van der Waals surface area contributed by atoms with Crippen LogP contribution in [-0.4, -0.2) is 67.8 Å². The predicted molar refractivity (Wildman–Crippen MR) is 105 cm³/mol. The second kappa shape index (κ2) is 11.6. The average molecular weight is 465 g/mol. The lowest BCUT2D eigenvalue weighted by atomic mass is 9.95. The molecular weight excluding hydrogens is 435 g/mol. The van der Waals surface area contributed by atoms with Gasteiger partial charge in [-0.05, 0) is 38.0 Å². The number of hydrogen-bond donors (Lipinski definition) is 3. The zero-order valence-corrected chi connectivity index (χ0v) is 18.1. The smallest absolute Gasteiger partial charge is 0.368 e. The Morgan fingerprint density at radius 1 is 1.19 bits per heavy atom. The quantitative estimate of drug-likeness (QED) is 0.415. The SMILES string of the molecule is CC(C)CC(NC(=O)[C@@H]1CCCO1)C(=O)NC(C[C@@H]1CCNC1=O)C(=O)COC(F)(F)F. The highest BCUT2D eigenvalue weighted by atomic mass is 19.4. The van der Waals surface area contributed by atoms with E-state index in [4.69, 9.17) is 4.74 Å². The molecule has 0 aromatic carbocycles. The summed E-state index contributed by atoms with van der Waals surface area (Å²) in [6, 6.07) is -2.38. The van der Waals surface area contributed by atoms with E-state index in [2.05, 4.69) is 20.7 Å². The molecule has 2 aliphatic rings. The number of rotatable bonds is 11. The van der Waals surface area contributed by atoms with Crippen molar-refractivity contribution in [3.63, 3.8) is 0 Å². The Kier molecular flexibility index (Phi) is 9.44. The number of halogens is 3. The Bertz CT molecular complexity index is 695. The molecule has 0 radical (unpaired) electrons. The average Bonchev–Trinajstić information content (AvgIpc) is 3.36. The maximum absolute atomic E-state index is 12.9. The molecular formula is C20H30F3N3O6. The van der Waals surface area contributed by atoms with Crippen LogP contribution in [0.15, 0.2) is 0 Å². The van der Waals surface area contributed by atoms with Gasteiger partial charge in [-0.1, -0.05) is 13.8 Å². The molecule has 4 atom stereocenters. The largest absolute Gasteiger partial charge is 0.522 e. The van der Waals surface area contributed by atoms with E-state index in [1.807, 2.05) is 13.8 Å². The highest BCUT2D eigenvalue weighted by Gasteiger charge is 2.36. The van der Waals surface area contributed by atoms with Gasteiger partial charge in [-0.15, -0.1) is 13.2 Å². The van der Waals surface area contributed by atoms with Gasteiger partial charge in [0.1, 0.15) is 18.8 Å². The molecule has 12 heteroatoms. The van der Waals surface area contributed by atoms with Crippen LogP contribution in [0.1, 0.15) is 46.0 Å². The van der Waals surface area contributed by atoms with E-state index in [1.165, 1.54) is 0 Å². The lowest BCUT2D eigenvalue weighted by Crippen LogP contribution is -2.54. The normalized spacial score (nSPS) is 23.0. The molecule has 3 amide bonds. The third-order valence-corrected chi connectivity index (χ3v) is 5.33. The number of hydrogen-bond acceptors (Lipinski definition) is 6. The predicted octanol–water partition coefficient (Wildman–Crippen LogP) is 0.813. The third-order valence-electron chi connectivity index (χ3n) is 5.33. The molecule has 0 bridgehead atoms. The van der Waals surface area contributed by atoms with E-state index in [0.717, 1.165) is 6.42 Å². The van der Waals surface area contributed by atoms with Gasteiger partial charge in [-0.3, -0.25) is 23.9 Å². The number of Topliss-reactive ketones (excluding diaryl/α,β-unsaturated/α-hetero) is 1. The van der Waals surface area contributed by atoms with Crippen molar-refractivity contribution in [3.8, 4) is 0 Å². The molecule has 0 saturated carbocycles. The molecule has 0 aliphatic carbocycles. The standard InChI is InChI=1S/C20H30F3N3O6/c1-11(2)8-14(26-19(30)16-4-3-7-31-16)18(29)25-13(9-12-5-6-24-17(12)28)15(27)10-32-20(21,22)23/h11-14,16H,3-10H2,1-2H3,(H,24,28)(H,25,29)(H,26,30)/t12-,13?,14?,16-/m0/s1. The van der Waals surface area contributed by atoms with Crippen LogP contribution in [0, 0.1) is 11.8 Å². The molecule has 2 fully saturated rings. The molecule has 2 rings (SSSR count).